The van der Waals surface area contributed by atoms with Crippen LogP contribution in [0.5, 0.6) is 0 Å². The van der Waals surface area contributed by atoms with Crippen molar-refractivity contribution in [3.8, 4) is 0 Å². The Balaban J connectivity index is 5.14. The Labute approximate surface area is 508 Å². The van der Waals surface area contributed by atoms with Gasteiger partial charge in [0.15, 0.2) is 0 Å². The van der Waals surface area contributed by atoms with Crippen LogP contribution in [0.25, 0.3) is 0 Å². The number of carbonyl (C=O) groups is 2. The van der Waals surface area contributed by atoms with Gasteiger partial charge in [0.25, 0.3) is 0 Å². The molecule has 0 radical (unpaired) electrons. The summed E-state index contributed by atoms with van der Waals surface area (Å²) in [5.74, 6) is -0.518. The van der Waals surface area contributed by atoms with Gasteiger partial charge in [0.2, 0.25) is 5.91 Å². The van der Waals surface area contributed by atoms with Crippen LogP contribution in [-0.2, 0) is 27.9 Å². The van der Waals surface area contributed by atoms with E-state index in [2.05, 4.69) is 86.8 Å². The summed E-state index contributed by atoms with van der Waals surface area (Å²) in [6, 6.07) is -0.861. The third-order valence-electron chi connectivity index (χ3n) is 15.4. The van der Waals surface area contributed by atoms with Gasteiger partial charge in [-0.25, -0.2) is 4.57 Å². The Morgan fingerprint density at radius 2 is 0.744 bits per heavy atom. The first-order valence-corrected chi connectivity index (χ1v) is 36.3. The molecule has 0 aliphatic rings. The lowest BCUT2D eigenvalue weighted by molar-refractivity contribution is -0.870. The molecule has 0 saturated carbocycles. The Kier molecular flexibility index (Phi) is 59.6. The highest BCUT2D eigenvalue weighted by molar-refractivity contribution is 7.47. The number of phosphoric acid groups is 1. The molecule has 0 aliphatic heterocycles. The molecular weight excluding hydrogens is 1040 g/mol. The van der Waals surface area contributed by atoms with Crippen LogP contribution in [0.2, 0.25) is 0 Å². The normalized spacial score (nSPS) is 14.0. The number of quaternary nitrogens is 1. The van der Waals surface area contributed by atoms with Crippen LogP contribution in [0.15, 0.2) is 72.9 Å². The number of esters is 1. The molecule has 478 valence electrons. The van der Waals surface area contributed by atoms with E-state index in [1.54, 1.807) is 0 Å². The molecule has 0 fully saturated rings. The minimum Gasteiger partial charge on any atom is -0.456 e. The molecule has 0 aliphatic carbocycles. The van der Waals surface area contributed by atoms with Crippen LogP contribution >= 0.6 is 7.82 Å². The van der Waals surface area contributed by atoms with Crippen LogP contribution in [0.4, 0.5) is 0 Å². The van der Waals surface area contributed by atoms with Crippen LogP contribution in [0.3, 0.4) is 0 Å². The lowest BCUT2D eigenvalue weighted by atomic mass is 10.0. The molecular formula is C72H134N2O7P+. The molecule has 10 heteroatoms. The van der Waals surface area contributed by atoms with E-state index in [0.29, 0.717) is 17.4 Å². The van der Waals surface area contributed by atoms with E-state index in [9.17, 15) is 19.0 Å². The predicted octanol–water partition coefficient (Wildman–Crippen LogP) is 22.0. The lowest BCUT2D eigenvalue weighted by Crippen LogP contribution is -2.47. The Morgan fingerprint density at radius 1 is 0.427 bits per heavy atom. The summed E-state index contributed by atoms with van der Waals surface area (Å²) in [7, 11) is 1.48. The van der Waals surface area contributed by atoms with Crippen molar-refractivity contribution in [2.24, 2.45) is 0 Å². The van der Waals surface area contributed by atoms with Gasteiger partial charge in [0.1, 0.15) is 19.3 Å². The number of hydrogen-bond acceptors (Lipinski definition) is 6. The summed E-state index contributed by atoms with van der Waals surface area (Å²) >= 11 is 0. The second kappa shape index (κ2) is 61.5. The number of rotatable bonds is 63. The van der Waals surface area contributed by atoms with E-state index in [1.807, 2.05) is 33.3 Å². The predicted molar refractivity (Wildman–Crippen MR) is 355 cm³/mol. The number of phosphoric ester groups is 1. The summed E-state index contributed by atoms with van der Waals surface area (Å²) in [4.78, 5) is 37.9. The fourth-order valence-corrected chi connectivity index (χ4v) is 10.7. The maximum Gasteiger partial charge on any atom is 0.472 e. The molecule has 3 atom stereocenters. The number of carbonyl (C=O) groups excluding carboxylic acids is 2. The molecule has 0 rings (SSSR count). The molecule has 0 heterocycles. The standard InChI is InChI=1S/C72H133N2O7P/c1-7-10-13-16-19-22-25-28-30-32-34-36-37-39-41-43-45-47-50-53-56-59-62-65-72(76)81-70(63-60-57-54-51-48-27-24-21-18-15-12-9-3)69(68-80-82(77,78)79-67-66-74(4,5)6)73-71(75)64-61-58-55-52-49-46-44-42-40-38-35-33-31-29-26-23-20-17-14-11-8-2/h20,23,28-31,35,38,42,44,60,63,69-70H,7-19,21-22,24-27,32-34,36-37,39-41,43,45-59,61-62,64-68H2,1-6H3,(H-,73,75,77,78)/p+1/b23-20-,30-28+,31-29-,38-35-,44-42-,63-60+. The molecule has 0 aromatic carbocycles. The van der Waals surface area contributed by atoms with E-state index in [4.69, 9.17) is 13.8 Å². The molecule has 0 aromatic rings. The van der Waals surface area contributed by atoms with Gasteiger partial charge in [-0.2, -0.15) is 0 Å². The smallest absolute Gasteiger partial charge is 0.456 e. The van der Waals surface area contributed by atoms with Gasteiger partial charge in [-0.3, -0.25) is 18.6 Å². The van der Waals surface area contributed by atoms with Crippen molar-refractivity contribution in [2.75, 3.05) is 40.9 Å². The Morgan fingerprint density at radius 3 is 1.15 bits per heavy atom. The second-order valence-electron chi connectivity index (χ2n) is 24.7. The zero-order chi connectivity index (χ0) is 60.0. The quantitative estimate of drug-likeness (QED) is 0.0205. The van der Waals surface area contributed by atoms with Gasteiger partial charge in [0, 0.05) is 12.8 Å². The SMILES string of the molecule is CCCCC/C=C\C/C=C\C/C=C\C/C=C\CCCCCCCC(=O)NC(COP(=O)(O)OCC[N+](C)(C)C)C(/C=C/CCCCCCCCCCCC)OC(=O)CCCCCCCCCCCCCCC/C=C/CCCCCCCC. The van der Waals surface area contributed by atoms with Crippen molar-refractivity contribution in [1.29, 1.82) is 0 Å². The average Bonchev–Trinajstić information content (AvgIpc) is 3.44. The number of amides is 1. The number of unbranched alkanes of at least 4 members (excludes halogenated alkanes) is 37. The fraction of sp³-hybridized carbons (Fsp3) is 0.806. The number of likely N-dealkylation sites (N-methyl/N-ethyl adjacent to an activating group) is 1. The minimum absolute atomic E-state index is 0.0348. The maximum atomic E-state index is 13.6. The summed E-state index contributed by atoms with van der Waals surface area (Å²) in [5, 5.41) is 3.06. The van der Waals surface area contributed by atoms with E-state index in [1.165, 1.54) is 193 Å². The molecule has 0 aromatic heterocycles. The first-order valence-electron chi connectivity index (χ1n) is 34.8. The number of allylic oxidation sites excluding steroid dienone is 11. The van der Waals surface area contributed by atoms with Crippen molar-refractivity contribution in [1.82, 2.24) is 5.32 Å². The third kappa shape index (κ3) is 62.0. The summed E-state index contributed by atoms with van der Waals surface area (Å²) in [6.45, 7) is 6.99. The third-order valence-corrected chi connectivity index (χ3v) is 16.4. The van der Waals surface area contributed by atoms with Gasteiger partial charge < -0.3 is 19.4 Å². The van der Waals surface area contributed by atoms with Gasteiger partial charge in [0.05, 0.1) is 33.8 Å². The molecule has 0 bridgehead atoms. The van der Waals surface area contributed by atoms with Crippen molar-refractivity contribution < 1.29 is 37.3 Å². The molecule has 2 N–H and O–H groups in total. The zero-order valence-electron chi connectivity index (χ0n) is 54.7. The van der Waals surface area contributed by atoms with E-state index in [0.717, 1.165) is 96.3 Å². The number of ether oxygens (including phenoxy) is 1. The van der Waals surface area contributed by atoms with Gasteiger partial charge in [-0.05, 0) is 102 Å². The first kappa shape index (κ1) is 79.5. The molecule has 1 amide bonds. The first-order chi connectivity index (χ1) is 39.9. The van der Waals surface area contributed by atoms with Crippen molar-refractivity contribution >= 4 is 19.7 Å². The van der Waals surface area contributed by atoms with Gasteiger partial charge in [-0.15, -0.1) is 0 Å². The fourth-order valence-electron chi connectivity index (χ4n) is 9.98. The largest absolute Gasteiger partial charge is 0.472 e. The zero-order valence-corrected chi connectivity index (χ0v) is 55.6. The van der Waals surface area contributed by atoms with E-state index in [-0.39, 0.29) is 31.5 Å². The second-order valence-corrected chi connectivity index (χ2v) is 26.1. The van der Waals surface area contributed by atoms with Crippen LogP contribution < -0.4 is 5.32 Å². The molecule has 9 nitrogen and oxygen atoms in total. The van der Waals surface area contributed by atoms with Crippen LogP contribution in [0, 0.1) is 0 Å². The number of hydrogen-bond donors (Lipinski definition) is 2. The minimum atomic E-state index is -4.46. The summed E-state index contributed by atoms with van der Waals surface area (Å²) in [5.41, 5.74) is 0. The highest BCUT2D eigenvalue weighted by Crippen LogP contribution is 2.43. The Bertz CT molecular complexity index is 1630. The monoisotopic (exact) mass is 1170 g/mol. The topological polar surface area (TPSA) is 111 Å². The summed E-state index contributed by atoms with van der Waals surface area (Å²) < 4.78 is 30.8. The lowest BCUT2D eigenvalue weighted by Gasteiger charge is -2.27. The molecule has 82 heavy (non-hydrogen) atoms. The number of nitrogens with one attached hydrogen (secondary N) is 1. The van der Waals surface area contributed by atoms with Crippen molar-refractivity contribution in [2.45, 2.75) is 335 Å². The molecule has 0 spiro atoms. The highest BCUT2D eigenvalue weighted by atomic mass is 31.2. The van der Waals surface area contributed by atoms with Gasteiger partial charge in [-0.1, -0.05) is 280 Å². The van der Waals surface area contributed by atoms with Crippen LogP contribution in [0.1, 0.15) is 323 Å². The maximum absolute atomic E-state index is 13.6. The van der Waals surface area contributed by atoms with Crippen molar-refractivity contribution in [3.05, 3.63) is 72.9 Å². The van der Waals surface area contributed by atoms with Crippen LogP contribution in [-0.4, -0.2) is 74.3 Å². The van der Waals surface area contributed by atoms with E-state index < -0.39 is 20.0 Å². The Hall–Kier alpha value is -2.55. The van der Waals surface area contributed by atoms with Gasteiger partial charge >= 0.3 is 13.8 Å². The average molecular weight is 1170 g/mol. The highest BCUT2D eigenvalue weighted by Gasteiger charge is 2.30. The molecule has 3 unspecified atom stereocenters. The molecule has 0 saturated heterocycles. The number of nitrogens with zero attached hydrogens (tertiary/aromatic N) is 1. The van der Waals surface area contributed by atoms with Crippen molar-refractivity contribution in [3.63, 3.8) is 0 Å². The van der Waals surface area contributed by atoms with E-state index >= 15 is 0 Å². The summed E-state index contributed by atoms with van der Waals surface area (Å²) in [6.07, 6.45) is 80.5.